The van der Waals surface area contributed by atoms with Gasteiger partial charge in [0.15, 0.2) is 0 Å². The van der Waals surface area contributed by atoms with Crippen molar-refractivity contribution >= 4 is 17.7 Å². The van der Waals surface area contributed by atoms with Crippen LogP contribution in [0.3, 0.4) is 0 Å². The Morgan fingerprint density at radius 3 is 2.82 bits per heavy atom. The van der Waals surface area contributed by atoms with Gasteiger partial charge in [-0.15, -0.1) is 11.8 Å². The monoisotopic (exact) mass is 173 g/mol. The molecule has 0 radical (unpaired) electrons. The lowest BCUT2D eigenvalue weighted by atomic mass is 10.2. The number of nitrogens with zero attached hydrogens (tertiary/aromatic N) is 1. The number of aliphatic hydroxyl groups excluding tert-OH is 1. The van der Waals surface area contributed by atoms with E-state index in [1.165, 1.54) is 17.8 Å². The molecule has 0 spiro atoms. The van der Waals surface area contributed by atoms with E-state index in [1.54, 1.807) is 10.3 Å². The molecule has 0 aromatic carbocycles. The third kappa shape index (κ3) is 2.24. The van der Waals surface area contributed by atoms with Crippen LogP contribution in [0.2, 0.25) is 0 Å². The topological polar surface area (TPSA) is 40.5 Å². The highest BCUT2D eigenvalue weighted by Gasteiger charge is 2.26. The summed E-state index contributed by atoms with van der Waals surface area (Å²) in [5, 5.41) is 10.6. The second-order valence-corrected chi connectivity index (χ2v) is 3.18. The van der Waals surface area contributed by atoms with Gasteiger partial charge in [-0.05, 0) is 11.7 Å². The van der Waals surface area contributed by atoms with Crippen molar-refractivity contribution in [3.05, 3.63) is 11.5 Å². The maximum atomic E-state index is 11.0. The number of carbonyl (C=O) groups excluding carboxylic acids is 1. The first kappa shape index (κ1) is 8.62. The van der Waals surface area contributed by atoms with E-state index in [1.807, 2.05) is 6.26 Å². The zero-order valence-corrected chi connectivity index (χ0v) is 7.17. The number of carbonyl (C=O) groups is 1. The summed E-state index contributed by atoms with van der Waals surface area (Å²) in [4.78, 5) is 12.7. The van der Waals surface area contributed by atoms with E-state index in [0.29, 0.717) is 13.1 Å². The van der Waals surface area contributed by atoms with E-state index in [9.17, 15) is 4.79 Å². The van der Waals surface area contributed by atoms with Gasteiger partial charge in [0.2, 0.25) is 5.91 Å². The molecule has 0 saturated carbocycles. The lowest BCUT2D eigenvalue weighted by molar-refractivity contribution is -0.135. The summed E-state index contributed by atoms with van der Waals surface area (Å²) >= 11 is 1.49. The maximum Gasteiger partial charge on any atom is 0.247 e. The first-order chi connectivity index (χ1) is 5.24. The van der Waals surface area contributed by atoms with Crippen molar-refractivity contribution in [3.63, 3.8) is 0 Å². The van der Waals surface area contributed by atoms with Crippen molar-refractivity contribution in [2.24, 2.45) is 0 Å². The Morgan fingerprint density at radius 1 is 1.73 bits per heavy atom. The molecule has 3 nitrogen and oxygen atoms in total. The fourth-order valence-corrected chi connectivity index (χ4v) is 1.12. The molecule has 1 aliphatic heterocycles. The third-order valence-corrected chi connectivity index (χ3v) is 1.93. The minimum Gasteiger partial charge on any atom is -0.389 e. The summed E-state index contributed by atoms with van der Waals surface area (Å²) in [6.07, 6.45) is 3.12. The number of rotatable bonds is 2. The molecule has 11 heavy (non-hydrogen) atoms. The number of hydrogen-bond acceptors (Lipinski definition) is 3. The van der Waals surface area contributed by atoms with Crippen LogP contribution >= 0.6 is 11.8 Å². The Morgan fingerprint density at radius 2 is 2.36 bits per heavy atom. The van der Waals surface area contributed by atoms with Gasteiger partial charge in [0.05, 0.1) is 6.10 Å². The lowest BCUT2D eigenvalue weighted by Gasteiger charge is -2.34. The fraction of sp³-hybridized carbons (Fsp3) is 0.571. The summed E-state index contributed by atoms with van der Waals surface area (Å²) in [5.41, 5.74) is 0. The predicted molar refractivity (Wildman–Crippen MR) is 45.2 cm³/mol. The Kier molecular flexibility index (Phi) is 2.96. The van der Waals surface area contributed by atoms with Gasteiger partial charge in [-0.2, -0.15) is 0 Å². The second-order valence-electron chi connectivity index (χ2n) is 2.44. The molecule has 0 aromatic heterocycles. The predicted octanol–water partition coefficient (Wildman–Crippen LogP) is 0.0662. The molecule has 4 heteroatoms. The minimum atomic E-state index is -0.304. The molecular weight excluding hydrogens is 162 g/mol. The number of thioether (sulfide) groups is 1. The molecule has 1 aliphatic rings. The van der Waals surface area contributed by atoms with Gasteiger partial charge in [0.25, 0.3) is 0 Å². The molecule has 1 amide bonds. The molecular formula is C7H11NO2S. The molecule has 1 heterocycles. The van der Waals surface area contributed by atoms with Crippen LogP contribution in [-0.2, 0) is 4.79 Å². The van der Waals surface area contributed by atoms with Crippen LogP contribution in [0.15, 0.2) is 11.5 Å². The van der Waals surface area contributed by atoms with Crippen LogP contribution in [0, 0.1) is 0 Å². The number of β-amino-alcohol motifs (C(OH)–C–C–N with tert-alkyl or cyclic N) is 1. The van der Waals surface area contributed by atoms with Gasteiger partial charge in [0, 0.05) is 19.2 Å². The van der Waals surface area contributed by atoms with Gasteiger partial charge in [-0.25, -0.2) is 0 Å². The third-order valence-electron chi connectivity index (χ3n) is 1.52. The first-order valence-electron chi connectivity index (χ1n) is 3.40. The summed E-state index contributed by atoms with van der Waals surface area (Å²) < 4.78 is 0. The SMILES string of the molecule is CS/C=C/C(=O)N1CC(O)C1. The largest absolute Gasteiger partial charge is 0.389 e. The highest BCUT2D eigenvalue weighted by molar-refractivity contribution is 8.01. The average Bonchev–Trinajstić information content (AvgIpc) is 1.94. The molecule has 1 fully saturated rings. The standard InChI is InChI=1S/C7H11NO2S/c1-11-3-2-7(10)8-4-6(9)5-8/h2-3,6,9H,4-5H2,1H3/b3-2+. The Hall–Kier alpha value is -0.480. The maximum absolute atomic E-state index is 11.0. The number of hydrogen-bond donors (Lipinski definition) is 1. The molecule has 0 bridgehead atoms. The Labute approximate surface area is 70.1 Å². The highest BCUT2D eigenvalue weighted by Crippen LogP contribution is 2.08. The van der Waals surface area contributed by atoms with Crippen LogP contribution in [0.5, 0.6) is 0 Å². The molecule has 0 atom stereocenters. The van der Waals surface area contributed by atoms with E-state index in [2.05, 4.69) is 0 Å². The average molecular weight is 173 g/mol. The van der Waals surface area contributed by atoms with Crippen molar-refractivity contribution in [2.75, 3.05) is 19.3 Å². The number of aliphatic hydroxyl groups is 1. The Balaban J connectivity index is 2.26. The van der Waals surface area contributed by atoms with Crippen LogP contribution in [0.4, 0.5) is 0 Å². The fourth-order valence-electron chi connectivity index (χ4n) is 0.867. The molecule has 1 rings (SSSR count). The number of amides is 1. The van der Waals surface area contributed by atoms with Crippen molar-refractivity contribution in [3.8, 4) is 0 Å². The summed E-state index contributed by atoms with van der Waals surface area (Å²) in [7, 11) is 0. The van der Waals surface area contributed by atoms with Crippen LogP contribution in [0.25, 0.3) is 0 Å². The molecule has 0 aliphatic carbocycles. The zero-order chi connectivity index (χ0) is 8.27. The van der Waals surface area contributed by atoms with Gasteiger partial charge in [-0.1, -0.05) is 0 Å². The summed E-state index contributed by atoms with van der Waals surface area (Å²) in [6.45, 7) is 0.967. The van der Waals surface area contributed by atoms with Crippen molar-refractivity contribution in [1.29, 1.82) is 0 Å². The first-order valence-corrected chi connectivity index (χ1v) is 4.69. The van der Waals surface area contributed by atoms with Crippen LogP contribution in [-0.4, -0.2) is 41.4 Å². The van der Waals surface area contributed by atoms with Crippen LogP contribution in [0.1, 0.15) is 0 Å². The molecule has 1 N–H and O–H groups in total. The van der Waals surface area contributed by atoms with Gasteiger partial charge >= 0.3 is 0 Å². The van der Waals surface area contributed by atoms with Gasteiger partial charge in [0.1, 0.15) is 0 Å². The van der Waals surface area contributed by atoms with Crippen LogP contribution < -0.4 is 0 Å². The van der Waals surface area contributed by atoms with Gasteiger partial charge < -0.3 is 10.0 Å². The van der Waals surface area contributed by atoms with E-state index in [4.69, 9.17) is 5.11 Å². The molecule has 0 aromatic rings. The molecule has 0 unspecified atom stereocenters. The van der Waals surface area contributed by atoms with Gasteiger partial charge in [-0.3, -0.25) is 4.79 Å². The summed E-state index contributed by atoms with van der Waals surface area (Å²) in [5.74, 6) is -0.00958. The summed E-state index contributed by atoms with van der Waals surface area (Å²) in [6, 6.07) is 0. The van der Waals surface area contributed by atoms with E-state index in [0.717, 1.165) is 0 Å². The molecule has 62 valence electrons. The lowest BCUT2D eigenvalue weighted by Crippen LogP contribution is -2.52. The van der Waals surface area contributed by atoms with E-state index < -0.39 is 0 Å². The minimum absolute atomic E-state index is 0.00958. The smallest absolute Gasteiger partial charge is 0.247 e. The molecule has 1 saturated heterocycles. The van der Waals surface area contributed by atoms with Crippen molar-refractivity contribution < 1.29 is 9.90 Å². The Bertz CT molecular complexity index is 175. The normalized spacial score (nSPS) is 18.9. The van der Waals surface area contributed by atoms with Crippen molar-refractivity contribution in [1.82, 2.24) is 4.90 Å². The second kappa shape index (κ2) is 3.78. The quantitative estimate of drug-likeness (QED) is 0.601. The number of likely N-dealkylation sites (tertiary alicyclic amines) is 1. The van der Waals surface area contributed by atoms with E-state index in [-0.39, 0.29) is 12.0 Å². The van der Waals surface area contributed by atoms with Crippen molar-refractivity contribution in [2.45, 2.75) is 6.10 Å². The highest BCUT2D eigenvalue weighted by atomic mass is 32.2. The van der Waals surface area contributed by atoms with E-state index >= 15 is 0 Å². The zero-order valence-electron chi connectivity index (χ0n) is 6.36.